The minimum absolute atomic E-state index is 0. The van der Waals surface area contributed by atoms with Crippen LogP contribution in [0.5, 0.6) is 5.75 Å². The van der Waals surface area contributed by atoms with Crippen LogP contribution in [-0.2, 0) is 33.6 Å². The van der Waals surface area contributed by atoms with E-state index in [1.807, 2.05) is 0 Å². The summed E-state index contributed by atoms with van der Waals surface area (Å²) in [5.41, 5.74) is -0.706. The number of aliphatic carboxylic acids is 1. The fourth-order valence-electron chi connectivity index (χ4n) is 5.33. The molecule has 0 spiro atoms. The number of amides is 7. The Labute approximate surface area is 318 Å². The van der Waals surface area contributed by atoms with Crippen LogP contribution < -0.4 is 55.4 Å². The number of urea groups is 1. The second kappa shape index (κ2) is 16.3. The van der Waals surface area contributed by atoms with E-state index < -0.39 is 64.4 Å². The molecule has 18 nitrogen and oxygen atoms in total. The van der Waals surface area contributed by atoms with Crippen molar-refractivity contribution in [1.29, 1.82) is 0 Å². The minimum Gasteiger partial charge on any atom is -0.543 e. The number of nitrogens with one attached hydrogen (secondary N) is 3. The summed E-state index contributed by atoms with van der Waals surface area (Å²) in [7, 11) is 0. The molecule has 4 heterocycles. The van der Waals surface area contributed by atoms with Gasteiger partial charge >= 0.3 is 53.4 Å². The third kappa shape index (κ3) is 7.66. The third-order valence-corrected chi connectivity index (χ3v) is 10.9. The monoisotopic (exact) mass is 754 g/mol. The average Bonchev–Trinajstić information content (AvgIpc) is 3.60. The number of benzene rings is 1. The number of piperazine rings is 1. The fourth-order valence-corrected chi connectivity index (χ4v) is 8.39. The van der Waals surface area contributed by atoms with Crippen LogP contribution >= 0.6 is 34.9 Å². The SMILES string of the molecule is CCN1CCN(C(=O)NC(C(=O)N[C@]2(NC=O)C(=O)N3C(C(=O)[O-])=C(CSc4nncs4)CS[C@H]32)c2cccc(OC(C)=O)c2)C(=O)C1=O.[Na+]. The van der Waals surface area contributed by atoms with Crippen LogP contribution in [0.15, 0.2) is 45.4 Å². The molecule has 3 atom stereocenters. The van der Waals surface area contributed by atoms with Crippen molar-refractivity contribution in [2.75, 3.05) is 31.1 Å². The molecule has 0 radical (unpaired) electrons. The van der Waals surface area contributed by atoms with Gasteiger partial charge in [0, 0.05) is 38.1 Å². The van der Waals surface area contributed by atoms with Crippen molar-refractivity contribution in [2.24, 2.45) is 0 Å². The number of aromatic nitrogens is 2. The normalized spacial score (nSPS) is 20.6. The molecule has 3 aliphatic rings. The number of carboxylic acids is 1. The van der Waals surface area contributed by atoms with Crippen LogP contribution in [-0.4, -0.2) is 115 Å². The van der Waals surface area contributed by atoms with E-state index in [0.717, 1.165) is 23.6 Å². The molecule has 0 bridgehead atoms. The Morgan fingerprint density at radius 1 is 1.20 bits per heavy atom. The number of thioether (sulfide) groups is 2. The molecular weight excluding hydrogens is 728 g/mol. The number of carbonyl (C=O) groups excluding carboxylic acids is 8. The fraction of sp³-hybridized carbons (Fsp3) is 0.357. The van der Waals surface area contributed by atoms with Gasteiger partial charge < -0.3 is 35.5 Å². The van der Waals surface area contributed by atoms with Crippen molar-refractivity contribution in [3.63, 3.8) is 0 Å². The van der Waals surface area contributed by atoms with Gasteiger partial charge in [-0.05, 0) is 30.2 Å². The molecule has 2 aromatic rings. The summed E-state index contributed by atoms with van der Waals surface area (Å²) in [5.74, 6) is -6.22. The molecule has 5 rings (SSSR count). The van der Waals surface area contributed by atoms with E-state index in [0.29, 0.717) is 14.8 Å². The number of carbonyl (C=O) groups is 8. The first-order valence-electron chi connectivity index (χ1n) is 14.4. The number of nitrogens with zero attached hydrogens (tertiary/aromatic N) is 5. The summed E-state index contributed by atoms with van der Waals surface area (Å²) in [6.45, 7) is 2.94. The van der Waals surface area contributed by atoms with Crippen LogP contribution in [0.2, 0.25) is 0 Å². The average molecular weight is 755 g/mol. The maximum atomic E-state index is 14.1. The zero-order valence-electron chi connectivity index (χ0n) is 26.7. The van der Waals surface area contributed by atoms with Crippen molar-refractivity contribution in [1.82, 2.24) is 40.8 Å². The van der Waals surface area contributed by atoms with Crippen molar-refractivity contribution >= 4 is 82.9 Å². The van der Waals surface area contributed by atoms with Crippen molar-refractivity contribution in [2.45, 2.75) is 35.3 Å². The molecule has 0 saturated carbocycles. The number of fused-ring (bicyclic) bond motifs is 1. The number of likely N-dealkylation sites (N-methyl/N-ethyl adjacent to an activating group) is 1. The molecule has 2 fully saturated rings. The smallest absolute Gasteiger partial charge is 0.543 e. The molecule has 50 heavy (non-hydrogen) atoms. The molecule has 1 unspecified atom stereocenters. The number of ether oxygens (including phenoxy) is 1. The quantitative estimate of drug-likeness (QED) is 0.0269. The molecule has 258 valence electrons. The number of hydrogen-bond donors (Lipinski definition) is 3. The Morgan fingerprint density at radius 2 is 1.96 bits per heavy atom. The van der Waals surface area contributed by atoms with E-state index in [-0.39, 0.29) is 78.4 Å². The number of imide groups is 1. The van der Waals surface area contributed by atoms with Crippen molar-refractivity contribution in [3.8, 4) is 5.75 Å². The Hall–Kier alpha value is -4.02. The third-order valence-electron chi connectivity index (χ3n) is 7.58. The van der Waals surface area contributed by atoms with Crippen LogP contribution in [0.3, 0.4) is 0 Å². The van der Waals surface area contributed by atoms with Gasteiger partial charge in [-0.3, -0.25) is 38.6 Å². The topological polar surface area (TPSA) is 240 Å². The number of esters is 1. The van der Waals surface area contributed by atoms with Gasteiger partial charge in [0.25, 0.3) is 5.91 Å². The van der Waals surface area contributed by atoms with Crippen LogP contribution in [0, 0.1) is 0 Å². The molecule has 3 N–H and O–H groups in total. The molecule has 1 aromatic heterocycles. The number of β-lactam (4-membered cyclic amide) rings is 1. The molecule has 22 heteroatoms. The number of rotatable bonds is 12. The Kier molecular flexibility index (Phi) is 12.7. The van der Waals surface area contributed by atoms with E-state index in [4.69, 9.17) is 4.74 Å². The van der Waals surface area contributed by atoms with Gasteiger partial charge in [0.15, 0.2) is 4.34 Å². The maximum Gasteiger partial charge on any atom is 1.00 e. The second-order valence-electron chi connectivity index (χ2n) is 10.5. The summed E-state index contributed by atoms with van der Waals surface area (Å²) in [6, 6.07) is 2.67. The van der Waals surface area contributed by atoms with Gasteiger partial charge in [0.05, 0.1) is 11.7 Å². The first-order valence-corrected chi connectivity index (χ1v) is 17.3. The van der Waals surface area contributed by atoms with Gasteiger partial charge in [-0.15, -0.1) is 22.0 Å². The first-order chi connectivity index (χ1) is 23.4. The van der Waals surface area contributed by atoms with Gasteiger partial charge in [-0.2, -0.15) is 0 Å². The van der Waals surface area contributed by atoms with Gasteiger partial charge in [-0.1, -0.05) is 35.2 Å². The van der Waals surface area contributed by atoms with Gasteiger partial charge in [-0.25, -0.2) is 4.79 Å². The Balaban J connectivity index is 0.00000562. The van der Waals surface area contributed by atoms with Crippen LogP contribution in [0.25, 0.3) is 0 Å². The molecule has 0 aliphatic carbocycles. The number of hydrogen-bond acceptors (Lipinski definition) is 15. The summed E-state index contributed by atoms with van der Waals surface area (Å²) in [4.78, 5) is 105. The summed E-state index contributed by atoms with van der Waals surface area (Å²) in [6.07, 6.45) is 0.158. The zero-order chi connectivity index (χ0) is 35.5. The van der Waals surface area contributed by atoms with Gasteiger partial charge in [0.1, 0.15) is 22.7 Å². The van der Waals surface area contributed by atoms with E-state index in [2.05, 4.69) is 26.1 Å². The summed E-state index contributed by atoms with van der Waals surface area (Å²) < 4.78 is 5.68. The minimum atomic E-state index is -2.17. The van der Waals surface area contributed by atoms with E-state index in [1.165, 1.54) is 57.8 Å². The predicted octanol–water partition coefficient (Wildman–Crippen LogP) is -4.82. The first kappa shape index (κ1) is 38.8. The number of carboxylic acid groups (broad SMARTS) is 1. The van der Waals surface area contributed by atoms with Crippen LogP contribution in [0.1, 0.15) is 25.5 Å². The zero-order valence-corrected chi connectivity index (χ0v) is 31.1. The second-order valence-corrected chi connectivity index (χ2v) is 13.6. The molecule has 2 saturated heterocycles. The van der Waals surface area contributed by atoms with Gasteiger partial charge in [0.2, 0.25) is 18.0 Å². The van der Waals surface area contributed by atoms with Crippen molar-refractivity contribution < 1.29 is 77.8 Å². The van der Waals surface area contributed by atoms with E-state index >= 15 is 0 Å². The van der Waals surface area contributed by atoms with Crippen molar-refractivity contribution in [3.05, 3.63) is 46.6 Å². The molecule has 3 aliphatic heterocycles. The molecular formula is C28H27N8NaO10S3. The summed E-state index contributed by atoms with van der Waals surface area (Å²) >= 11 is 3.52. The largest absolute Gasteiger partial charge is 1.00 e. The Morgan fingerprint density at radius 3 is 2.60 bits per heavy atom. The Bertz CT molecular complexity index is 1760. The van der Waals surface area contributed by atoms with Crippen LogP contribution in [0.4, 0.5) is 4.79 Å². The molecule has 7 amide bonds. The van der Waals surface area contributed by atoms with E-state index in [9.17, 15) is 43.5 Å². The maximum absolute atomic E-state index is 14.1. The van der Waals surface area contributed by atoms with E-state index in [1.54, 1.807) is 6.92 Å². The summed E-state index contributed by atoms with van der Waals surface area (Å²) in [5, 5.41) is 26.0. The molecule has 1 aromatic carbocycles. The standard InChI is InChI=1S/C28H28N8O10S3.Na/c1-3-34-7-8-35(22(41)21(34)40)26(45)31-18(15-5-4-6-17(9-15)46-14(2)38)20(39)32-28(29-12-37)24(44)36-19(23(42)43)16(10-47-25(28)36)11-48-27-33-30-13-49-27;/h4-6,9,12-13,18,25H,3,7-8,10-11H2,1-2H3,(H,29,37)(H,31,45)(H,32,39)(H,42,43);/q;+1/p-1/t18?,25-,28+;/m0./s1. The predicted molar refractivity (Wildman–Crippen MR) is 169 cm³/mol.